The van der Waals surface area contributed by atoms with Crippen LogP contribution in [-0.2, 0) is 0 Å². The Balaban J connectivity index is 2.04. The second kappa shape index (κ2) is 7.58. The zero-order valence-corrected chi connectivity index (χ0v) is 15.1. The molecule has 3 nitrogen and oxygen atoms in total. The van der Waals surface area contributed by atoms with E-state index in [2.05, 4.69) is 24.0 Å². The summed E-state index contributed by atoms with van der Waals surface area (Å²) in [5, 5.41) is 0.940. The summed E-state index contributed by atoms with van der Waals surface area (Å²) in [5.74, 6) is 0.190. The number of benzene rings is 2. The Hall–Kier alpha value is -2.52. The molecule has 0 amide bonds. The molecule has 25 heavy (non-hydrogen) atoms. The smallest absolute Gasteiger partial charge is 0.163 e. The van der Waals surface area contributed by atoms with E-state index in [4.69, 9.17) is 4.98 Å². The molecule has 3 aromatic rings. The number of pyridine rings is 1. The molecular formula is C22H24N2O. The minimum atomic E-state index is 0.190. The van der Waals surface area contributed by atoms with Crippen LogP contribution in [0.2, 0.25) is 0 Å². The minimum absolute atomic E-state index is 0.190. The molecule has 0 aliphatic heterocycles. The molecule has 0 bridgehead atoms. The van der Waals surface area contributed by atoms with Gasteiger partial charge >= 0.3 is 0 Å². The van der Waals surface area contributed by atoms with Gasteiger partial charge in [0.1, 0.15) is 0 Å². The number of carbonyl (C=O) groups excluding carboxylic acids is 1. The van der Waals surface area contributed by atoms with Gasteiger partial charge in [-0.1, -0.05) is 42.5 Å². The third-order valence-electron chi connectivity index (χ3n) is 4.45. The molecule has 3 rings (SSSR count). The van der Waals surface area contributed by atoms with Crippen molar-refractivity contribution in [2.75, 3.05) is 20.6 Å². The number of hydrogen-bond acceptors (Lipinski definition) is 3. The molecule has 0 atom stereocenters. The highest BCUT2D eigenvalue weighted by Gasteiger charge is 2.14. The summed E-state index contributed by atoms with van der Waals surface area (Å²) in [6.07, 6.45) is 1.42. The second-order valence-corrected chi connectivity index (χ2v) is 6.72. The SMILES string of the molecule is Cc1ccccc1-c1cc(C(=O)CCCN(C)C)c2ccccc2n1. The van der Waals surface area contributed by atoms with Gasteiger partial charge < -0.3 is 4.90 Å². The van der Waals surface area contributed by atoms with E-state index >= 15 is 0 Å². The van der Waals surface area contributed by atoms with E-state index < -0.39 is 0 Å². The van der Waals surface area contributed by atoms with Crippen LogP contribution in [0.3, 0.4) is 0 Å². The fourth-order valence-electron chi connectivity index (χ4n) is 3.09. The van der Waals surface area contributed by atoms with E-state index in [-0.39, 0.29) is 5.78 Å². The first-order chi connectivity index (χ1) is 12.1. The summed E-state index contributed by atoms with van der Waals surface area (Å²) in [4.78, 5) is 19.8. The Morgan fingerprint density at radius 2 is 1.76 bits per heavy atom. The summed E-state index contributed by atoms with van der Waals surface area (Å²) in [6, 6.07) is 18.0. The predicted octanol–water partition coefficient (Wildman–Crippen LogP) is 4.73. The number of para-hydroxylation sites is 1. The molecule has 1 heterocycles. The van der Waals surface area contributed by atoms with Crippen LogP contribution in [0.1, 0.15) is 28.8 Å². The number of Topliss-reactive ketones (excluding diaryl/α,β-unsaturated/α-hetero) is 1. The molecule has 0 N–H and O–H groups in total. The van der Waals surface area contributed by atoms with E-state index in [0.717, 1.165) is 46.3 Å². The van der Waals surface area contributed by atoms with Crippen molar-refractivity contribution in [1.82, 2.24) is 9.88 Å². The third-order valence-corrected chi connectivity index (χ3v) is 4.45. The molecule has 0 fully saturated rings. The lowest BCUT2D eigenvalue weighted by Gasteiger charge is -2.12. The molecular weight excluding hydrogens is 308 g/mol. The Morgan fingerprint density at radius 3 is 2.52 bits per heavy atom. The molecule has 128 valence electrons. The first-order valence-corrected chi connectivity index (χ1v) is 8.70. The average Bonchev–Trinajstić information content (AvgIpc) is 2.60. The van der Waals surface area contributed by atoms with Crippen molar-refractivity contribution in [2.45, 2.75) is 19.8 Å². The van der Waals surface area contributed by atoms with E-state index in [0.29, 0.717) is 6.42 Å². The largest absolute Gasteiger partial charge is 0.309 e. The number of hydrogen-bond donors (Lipinski definition) is 0. The van der Waals surface area contributed by atoms with Crippen LogP contribution in [0.4, 0.5) is 0 Å². The lowest BCUT2D eigenvalue weighted by molar-refractivity contribution is 0.0979. The van der Waals surface area contributed by atoms with E-state index in [1.807, 2.05) is 56.6 Å². The number of aryl methyl sites for hydroxylation is 1. The van der Waals surface area contributed by atoms with Crippen LogP contribution in [0.25, 0.3) is 22.2 Å². The van der Waals surface area contributed by atoms with Crippen LogP contribution < -0.4 is 0 Å². The Morgan fingerprint density at radius 1 is 1.04 bits per heavy atom. The highest BCUT2D eigenvalue weighted by molar-refractivity contribution is 6.08. The molecule has 0 spiro atoms. The summed E-state index contributed by atoms with van der Waals surface area (Å²) >= 11 is 0. The van der Waals surface area contributed by atoms with Gasteiger partial charge in [0.25, 0.3) is 0 Å². The van der Waals surface area contributed by atoms with Gasteiger partial charge in [-0.25, -0.2) is 4.98 Å². The number of rotatable bonds is 6. The third kappa shape index (κ3) is 3.94. The van der Waals surface area contributed by atoms with E-state index in [9.17, 15) is 4.79 Å². The fraction of sp³-hybridized carbons (Fsp3) is 0.273. The lowest BCUT2D eigenvalue weighted by Crippen LogP contribution is -2.14. The van der Waals surface area contributed by atoms with Crippen molar-refractivity contribution in [2.24, 2.45) is 0 Å². The molecule has 2 aromatic carbocycles. The van der Waals surface area contributed by atoms with Crippen LogP contribution in [-0.4, -0.2) is 36.3 Å². The number of fused-ring (bicyclic) bond motifs is 1. The van der Waals surface area contributed by atoms with Crippen molar-refractivity contribution < 1.29 is 4.79 Å². The van der Waals surface area contributed by atoms with Crippen molar-refractivity contribution in [3.8, 4) is 11.3 Å². The van der Waals surface area contributed by atoms with Gasteiger partial charge in [-0.2, -0.15) is 0 Å². The maximum absolute atomic E-state index is 12.9. The zero-order valence-electron chi connectivity index (χ0n) is 15.1. The van der Waals surface area contributed by atoms with Crippen molar-refractivity contribution in [1.29, 1.82) is 0 Å². The quantitative estimate of drug-likeness (QED) is 0.612. The number of carbonyl (C=O) groups is 1. The Bertz CT molecular complexity index is 899. The molecule has 3 heteroatoms. The van der Waals surface area contributed by atoms with E-state index in [1.54, 1.807) is 0 Å². The maximum atomic E-state index is 12.9. The van der Waals surface area contributed by atoms with Gasteiger partial charge in [0.15, 0.2) is 5.78 Å². The van der Waals surface area contributed by atoms with Crippen LogP contribution in [0, 0.1) is 6.92 Å². The monoisotopic (exact) mass is 332 g/mol. The predicted molar refractivity (Wildman–Crippen MR) is 104 cm³/mol. The lowest BCUT2D eigenvalue weighted by atomic mass is 9.97. The highest BCUT2D eigenvalue weighted by atomic mass is 16.1. The van der Waals surface area contributed by atoms with E-state index in [1.165, 1.54) is 0 Å². The summed E-state index contributed by atoms with van der Waals surface area (Å²) in [7, 11) is 4.06. The fourth-order valence-corrected chi connectivity index (χ4v) is 3.09. The van der Waals surface area contributed by atoms with Gasteiger partial charge in [0.2, 0.25) is 0 Å². The topological polar surface area (TPSA) is 33.2 Å². The van der Waals surface area contributed by atoms with Gasteiger partial charge in [-0.3, -0.25) is 4.79 Å². The van der Waals surface area contributed by atoms with Crippen molar-refractivity contribution >= 4 is 16.7 Å². The Kier molecular flexibility index (Phi) is 5.25. The second-order valence-electron chi connectivity index (χ2n) is 6.72. The first-order valence-electron chi connectivity index (χ1n) is 8.70. The molecule has 0 aliphatic rings. The van der Waals surface area contributed by atoms with Gasteiger partial charge in [-0.15, -0.1) is 0 Å². The molecule has 1 aromatic heterocycles. The number of nitrogens with zero attached hydrogens (tertiary/aromatic N) is 2. The summed E-state index contributed by atoms with van der Waals surface area (Å²) in [6.45, 7) is 2.99. The molecule has 0 saturated carbocycles. The number of aromatic nitrogens is 1. The van der Waals surface area contributed by atoms with Crippen LogP contribution >= 0.6 is 0 Å². The summed E-state index contributed by atoms with van der Waals surface area (Å²) < 4.78 is 0. The summed E-state index contributed by atoms with van der Waals surface area (Å²) in [5.41, 5.74) is 4.77. The first kappa shape index (κ1) is 17.3. The Labute approximate surface area is 149 Å². The maximum Gasteiger partial charge on any atom is 0.163 e. The van der Waals surface area contributed by atoms with Gasteiger partial charge in [-0.05, 0) is 51.7 Å². The van der Waals surface area contributed by atoms with Crippen molar-refractivity contribution in [3.05, 3.63) is 65.7 Å². The van der Waals surface area contributed by atoms with Crippen LogP contribution in [0.15, 0.2) is 54.6 Å². The average molecular weight is 332 g/mol. The highest BCUT2D eigenvalue weighted by Crippen LogP contribution is 2.27. The van der Waals surface area contributed by atoms with Gasteiger partial charge in [0.05, 0.1) is 11.2 Å². The zero-order chi connectivity index (χ0) is 17.8. The van der Waals surface area contributed by atoms with Crippen molar-refractivity contribution in [3.63, 3.8) is 0 Å². The molecule has 0 aliphatic carbocycles. The standard InChI is InChI=1S/C22H24N2O/c1-16-9-4-5-10-17(16)21-15-19(22(25)13-8-14-24(2)3)18-11-6-7-12-20(18)23-21/h4-7,9-12,15H,8,13-14H2,1-3H3. The van der Waals surface area contributed by atoms with Crippen LogP contribution in [0.5, 0.6) is 0 Å². The minimum Gasteiger partial charge on any atom is -0.309 e. The number of ketones is 1. The normalized spacial score (nSPS) is 11.2. The van der Waals surface area contributed by atoms with Gasteiger partial charge in [0, 0.05) is 22.9 Å². The molecule has 0 unspecified atom stereocenters. The molecule has 0 radical (unpaired) electrons. The molecule has 0 saturated heterocycles.